The van der Waals surface area contributed by atoms with Crippen molar-refractivity contribution in [1.82, 2.24) is 20.1 Å². The molecule has 0 aliphatic rings. The Bertz CT molecular complexity index is 1210. The molecule has 4 aromatic rings. The Morgan fingerprint density at radius 3 is 2.80 bits per heavy atom. The normalized spacial score (nSPS) is 10.9. The van der Waals surface area contributed by atoms with Crippen LogP contribution < -0.4 is 10.6 Å². The number of H-pyrrole nitrogens is 1. The molecule has 0 spiro atoms. The highest BCUT2D eigenvalue weighted by Crippen LogP contribution is 2.24. The number of nitrogens with one attached hydrogen (secondary N) is 3. The molecular weight excluding hydrogens is 402 g/mol. The first-order chi connectivity index (χ1) is 14.5. The third-order valence-corrected chi connectivity index (χ3v) is 5.14. The number of hydrogen-bond acceptors (Lipinski definition) is 3. The number of hydrogen-bond donors (Lipinski definition) is 3. The molecule has 0 fully saturated rings. The van der Waals surface area contributed by atoms with Gasteiger partial charge >= 0.3 is 11.8 Å². The van der Waals surface area contributed by atoms with E-state index in [4.69, 9.17) is 11.6 Å². The lowest BCUT2D eigenvalue weighted by atomic mass is 10.1. The Balaban J connectivity index is 1.34. The van der Waals surface area contributed by atoms with Crippen molar-refractivity contribution in [2.45, 2.75) is 13.3 Å². The van der Waals surface area contributed by atoms with Gasteiger partial charge in [-0.15, -0.1) is 0 Å². The molecule has 2 aromatic heterocycles. The first-order valence-corrected chi connectivity index (χ1v) is 9.85. The van der Waals surface area contributed by atoms with Gasteiger partial charge < -0.3 is 15.6 Å². The number of aromatic amines is 1. The van der Waals surface area contributed by atoms with E-state index in [9.17, 15) is 9.59 Å². The minimum Gasteiger partial charge on any atom is -0.361 e. The topological polar surface area (TPSA) is 91.8 Å². The smallest absolute Gasteiger partial charge is 0.313 e. The Morgan fingerprint density at radius 2 is 2.03 bits per heavy atom. The van der Waals surface area contributed by atoms with Crippen molar-refractivity contribution in [1.29, 1.82) is 0 Å². The summed E-state index contributed by atoms with van der Waals surface area (Å²) < 4.78 is 1.62. The molecule has 0 bridgehead atoms. The summed E-state index contributed by atoms with van der Waals surface area (Å²) in [5, 5.41) is 10.9. The van der Waals surface area contributed by atoms with Gasteiger partial charge in [-0.3, -0.25) is 9.59 Å². The highest BCUT2D eigenvalue weighted by Gasteiger charge is 2.15. The highest BCUT2D eigenvalue weighted by atomic mass is 35.5. The van der Waals surface area contributed by atoms with Crippen molar-refractivity contribution < 1.29 is 9.59 Å². The van der Waals surface area contributed by atoms with Crippen LogP contribution in [-0.2, 0) is 16.0 Å². The van der Waals surface area contributed by atoms with Gasteiger partial charge in [0.2, 0.25) is 0 Å². The van der Waals surface area contributed by atoms with Crippen LogP contribution in [-0.4, -0.2) is 33.1 Å². The number of carbonyl (C=O) groups excluding carboxylic acids is 2. The number of halogens is 1. The maximum atomic E-state index is 12.2. The fourth-order valence-electron chi connectivity index (χ4n) is 3.41. The molecule has 0 saturated heterocycles. The molecule has 3 N–H and O–H groups in total. The average Bonchev–Trinajstić information content (AvgIpc) is 3.39. The number of anilines is 1. The largest absolute Gasteiger partial charge is 0.361 e. The van der Waals surface area contributed by atoms with Gasteiger partial charge in [0, 0.05) is 41.7 Å². The molecule has 8 heteroatoms. The standard InChI is InChI=1S/C22H20ClN5O2/c1-14-4-2-5-18-20(14)15(13-25-18)8-10-24-21(29)22(30)27-16-6-7-19(17(23)12-16)28-11-3-9-26-28/h2-7,9,11-13,25H,8,10H2,1H3,(H,24,29)(H,27,30). The van der Waals surface area contributed by atoms with Crippen LogP contribution in [0.1, 0.15) is 11.1 Å². The van der Waals surface area contributed by atoms with Gasteiger partial charge in [0.1, 0.15) is 0 Å². The molecule has 0 aliphatic heterocycles. The summed E-state index contributed by atoms with van der Waals surface area (Å²) in [7, 11) is 0. The fraction of sp³-hybridized carbons (Fsp3) is 0.136. The Morgan fingerprint density at radius 1 is 1.17 bits per heavy atom. The van der Waals surface area contributed by atoms with Crippen molar-refractivity contribution in [2.75, 3.05) is 11.9 Å². The van der Waals surface area contributed by atoms with E-state index in [1.807, 2.05) is 18.3 Å². The molecule has 2 amide bonds. The molecule has 0 atom stereocenters. The van der Waals surface area contributed by atoms with Gasteiger partial charge in [-0.2, -0.15) is 5.10 Å². The number of nitrogens with zero attached hydrogens (tertiary/aromatic N) is 2. The minimum atomic E-state index is -0.743. The van der Waals surface area contributed by atoms with E-state index in [-0.39, 0.29) is 0 Å². The molecule has 0 aliphatic carbocycles. The summed E-state index contributed by atoms with van der Waals surface area (Å²) in [6.07, 6.45) is 5.97. The third-order valence-electron chi connectivity index (χ3n) is 4.84. The summed E-state index contributed by atoms with van der Waals surface area (Å²) in [4.78, 5) is 27.6. The zero-order chi connectivity index (χ0) is 21.1. The molecule has 0 unspecified atom stereocenters. The third kappa shape index (κ3) is 4.06. The number of rotatable bonds is 5. The molecule has 152 valence electrons. The Kier molecular flexibility index (Phi) is 5.54. The molecule has 0 radical (unpaired) electrons. The van der Waals surface area contributed by atoms with E-state index in [1.165, 1.54) is 5.56 Å². The first kappa shape index (κ1) is 19.7. The monoisotopic (exact) mass is 421 g/mol. The first-order valence-electron chi connectivity index (χ1n) is 9.47. The number of aryl methyl sites for hydroxylation is 1. The number of aromatic nitrogens is 3. The number of fused-ring (bicyclic) bond motifs is 1. The summed E-state index contributed by atoms with van der Waals surface area (Å²) in [6, 6.07) is 12.8. The van der Waals surface area contributed by atoms with Gasteiger partial charge in [0.15, 0.2) is 0 Å². The Hall–Kier alpha value is -3.58. The quantitative estimate of drug-likeness (QED) is 0.430. The lowest BCUT2D eigenvalue weighted by molar-refractivity contribution is -0.136. The minimum absolute atomic E-state index is 0.354. The second-order valence-corrected chi connectivity index (χ2v) is 7.30. The zero-order valence-corrected chi connectivity index (χ0v) is 17.0. The van der Waals surface area contributed by atoms with Crippen LogP contribution in [0.2, 0.25) is 5.02 Å². The van der Waals surface area contributed by atoms with Crippen LogP contribution in [0.3, 0.4) is 0 Å². The predicted molar refractivity (Wildman–Crippen MR) is 117 cm³/mol. The van der Waals surface area contributed by atoms with Crippen LogP contribution in [0.15, 0.2) is 61.1 Å². The van der Waals surface area contributed by atoms with Crippen molar-refractivity contribution in [3.8, 4) is 5.69 Å². The maximum Gasteiger partial charge on any atom is 0.313 e. The van der Waals surface area contributed by atoms with Gasteiger partial charge in [-0.25, -0.2) is 4.68 Å². The van der Waals surface area contributed by atoms with Crippen molar-refractivity contribution in [3.63, 3.8) is 0 Å². The van der Waals surface area contributed by atoms with Crippen LogP contribution in [0.25, 0.3) is 16.6 Å². The van der Waals surface area contributed by atoms with Crippen LogP contribution in [0, 0.1) is 6.92 Å². The average molecular weight is 422 g/mol. The number of amides is 2. The molecule has 0 saturated carbocycles. The molecule has 30 heavy (non-hydrogen) atoms. The van der Waals surface area contributed by atoms with Gasteiger partial charge in [-0.05, 0) is 54.8 Å². The summed E-state index contributed by atoms with van der Waals surface area (Å²) in [6.45, 7) is 2.40. The summed E-state index contributed by atoms with van der Waals surface area (Å²) in [5.74, 6) is -1.44. The second kappa shape index (κ2) is 8.42. The summed E-state index contributed by atoms with van der Waals surface area (Å²) >= 11 is 6.27. The van der Waals surface area contributed by atoms with Crippen molar-refractivity contribution in [2.24, 2.45) is 0 Å². The van der Waals surface area contributed by atoms with E-state index in [0.29, 0.717) is 29.4 Å². The van der Waals surface area contributed by atoms with Gasteiger partial charge in [-0.1, -0.05) is 23.7 Å². The van der Waals surface area contributed by atoms with Crippen molar-refractivity contribution >= 4 is 40.0 Å². The molecule has 2 aromatic carbocycles. The van der Waals surface area contributed by atoms with E-state index < -0.39 is 11.8 Å². The number of benzene rings is 2. The van der Waals surface area contributed by atoms with E-state index in [1.54, 1.807) is 41.3 Å². The van der Waals surface area contributed by atoms with Crippen LogP contribution >= 0.6 is 11.6 Å². The highest BCUT2D eigenvalue weighted by molar-refractivity contribution is 6.40. The lowest BCUT2D eigenvalue weighted by Crippen LogP contribution is -2.36. The Labute approximate surface area is 178 Å². The van der Waals surface area contributed by atoms with Gasteiger partial charge in [0.25, 0.3) is 0 Å². The van der Waals surface area contributed by atoms with Gasteiger partial charge in [0.05, 0.1) is 10.7 Å². The molecule has 4 rings (SSSR count). The van der Waals surface area contributed by atoms with Crippen LogP contribution in [0.5, 0.6) is 0 Å². The zero-order valence-electron chi connectivity index (χ0n) is 16.3. The number of carbonyl (C=O) groups is 2. The fourth-order valence-corrected chi connectivity index (χ4v) is 3.68. The maximum absolute atomic E-state index is 12.2. The van der Waals surface area contributed by atoms with E-state index in [0.717, 1.165) is 16.5 Å². The lowest BCUT2D eigenvalue weighted by Gasteiger charge is -2.09. The van der Waals surface area contributed by atoms with E-state index >= 15 is 0 Å². The molecular formula is C22H20ClN5O2. The summed E-state index contributed by atoms with van der Waals surface area (Å²) in [5.41, 5.74) is 4.44. The molecule has 2 heterocycles. The van der Waals surface area contributed by atoms with Crippen LogP contribution in [0.4, 0.5) is 5.69 Å². The van der Waals surface area contributed by atoms with E-state index in [2.05, 4.69) is 33.7 Å². The second-order valence-electron chi connectivity index (χ2n) is 6.89. The predicted octanol–water partition coefficient (Wildman–Crippen LogP) is 3.61. The SMILES string of the molecule is Cc1cccc2[nH]cc(CCNC(=O)C(=O)Nc3ccc(-n4cccn4)c(Cl)c3)c12. The van der Waals surface area contributed by atoms with Crippen molar-refractivity contribution in [3.05, 3.63) is 77.2 Å². The molecule has 7 nitrogen and oxygen atoms in total.